The first-order valence-corrected chi connectivity index (χ1v) is 7.46. The van der Waals surface area contributed by atoms with E-state index in [0.29, 0.717) is 29.3 Å². The zero-order valence-corrected chi connectivity index (χ0v) is 11.7. The van der Waals surface area contributed by atoms with E-state index in [1.807, 2.05) is 13.8 Å². The first-order chi connectivity index (χ1) is 9.19. The van der Waals surface area contributed by atoms with Crippen molar-refractivity contribution in [2.45, 2.75) is 58.4 Å². The fourth-order valence-corrected chi connectivity index (χ4v) is 3.79. The zero-order chi connectivity index (χ0) is 13.4. The highest BCUT2D eigenvalue weighted by Gasteiger charge is 2.40. The maximum atomic E-state index is 12.3. The molecule has 2 aliphatic rings. The van der Waals surface area contributed by atoms with Gasteiger partial charge in [0.2, 0.25) is 5.76 Å². The molecule has 1 aromatic rings. The van der Waals surface area contributed by atoms with E-state index in [1.165, 1.54) is 25.7 Å². The van der Waals surface area contributed by atoms with Crippen LogP contribution < -0.4 is 5.32 Å². The van der Waals surface area contributed by atoms with E-state index in [9.17, 15) is 4.79 Å². The molecule has 1 amide bonds. The van der Waals surface area contributed by atoms with Crippen molar-refractivity contribution >= 4 is 5.91 Å². The first kappa shape index (κ1) is 12.7. The summed E-state index contributed by atoms with van der Waals surface area (Å²) in [7, 11) is 0. The minimum Gasteiger partial charge on any atom is -0.435 e. The third kappa shape index (κ3) is 2.28. The monoisotopic (exact) mass is 262 g/mol. The van der Waals surface area contributed by atoms with Crippen LogP contribution >= 0.6 is 0 Å². The third-order valence-corrected chi connectivity index (χ3v) is 4.75. The van der Waals surface area contributed by atoms with Crippen LogP contribution in [0.3, 0.4) is 0 Å². The topological polar surface area (TPSA) is 55.1 Å². The number of amides is 1. The van der Waals surface area contributed by atoms with E-state index in [2.05, 4.69) is 10.3 Å². The average molecular weight is 262 g/mol. The van der Waals surface area contributed by atoms with Crippen LogP contribution in [0, 0.1) is 18.8 Å². The lowest BCUT2D eigenvalue weighted by Gasteiger charge is -2.19. The van der Waals surface area contributed by atoms with Gasteiger partial charge >= 0.3 is 0 Å². The van der Waals surface area contributed by atoms with Gasteiger partial charge in [-0.3, -0.25) is 4.79 Å². The van der Waals surface area contributed by atoms with Gasteiger partial charge in [-0.15, -0.1) is 0 Å². The number of fused-ring (bicyclic) bond motifs is 1. The lowest BCUT2D eigenvalue weighted by atomic mass is 9.97. The molecule has 3 atom stereocenters. The van der Waals surface area contributed by atoms with Gasteiger partial charge < -0.3 is 9.73 Å². The van der Waals surface area contributed by atoms with Gasteiger partial charge in [0.25, 0.3) is 5.91 Å². The summed E-state index contributed by atoms with van der Waals surface area (Å²) in [6.07, 6.45) is 7.05. The molecule has 4 nitrogen and oxygen atoms in total. The second-order valence-corrected chi connectivity index (χ2v) is 5.89. The Morgan fingerprint density at radius 1 is 1.37 bits per heavy atom. The zero-order valence-electron chi connectivity index (χ0n) is 11.7. The molecule has 3 rings (SSSR count). The van der Waals surface area contributed by atoms with Gasteiger partial charge in [0, 0.05) is 12.5 Å². The molecule has 0 spiro atoms. The minimum atomic E-state index is -0.0813. The molecule has 104 valence electrons. The Morgan fingerprint density at radius 2 is 2.21 bits per heavy atom. The Kier molecular flexibility index (Phi) is 3.33. The number of hydrogen-bond acceptors (Lipinski definition) is 3. The number of carbonyl (C=O) groups excluding carboxylic acids is 1. The fraction of sp³-hybridized carbons (Fsp3) is 0.733. The molecule has 19 heavy (non-hydrogen) atoms. The van der Waals surface area contributed by atoms with Crippen LogP contribution in [-0.2, 0) is 6.42 Å². The van der Waals surface area contributed by atoms with Crippen molar-refractivity contribution in [3.8, 4) is 0 Å². The molecule has 0 radical (unpaired) electrons. The van der Waals surface area contributed by atoms with Crippen LogP contribution in [0.15, 0.2) is 4.42 Å². The van der Waals surface area contributed by atoms with Gasteiger partial charge in [-0.1, -0.05) is 19.8 Å². The molecule has 0 saturated heterocycles. The van der Waals surface area contributed by atoms with E-state index in [-0.39, 0.29) is 5.91 Å². The molecule has 0 aliphatic heterocycles. The smallest absolute Gasteiger partial charge is 0.289 e. The van der Waals surface area contributed by atoms with E-state index in [0.717, 1.165) is 18.8 Å². The lowest BCUT2D eigenvalue weighted by molar-refractivity contribution is 0.0895. The molecular formula is C15H22N2O2. The summed E-state index contributed by atoms with van der Waals surface area (Å²) in [6.45, 7) is 3.82. The molecule has 2 saturated carbocycles. The molecule has 1 heterocycles. The van der Waals surface area contributed by atoms with Gasteiger partial charge in [0.1, 0.15) is 0 Å². The number of rotatable bonds is 3. The van der Waals surface area contributed by atoms with Crippen LogP contribution in [0.2, 0.25) is 0 Å². The number of oxazole rings is 1. The molecule has 1 aromatic heterocycles. The predicted molar refractivity (Wildman–Crippen MR) is 71.9 cm³/mol. The summed E-state index contributed by atoms with van der Waals surface area (Å²) in [5.74, 6) is 2.50. The largest absolute Gasteiger partial charge is 0.435 e. The Bertz CT molecular complexity index is 480. The van der Waals surface area contributed by atoms with Crippen molar-refractivity contribution in [2.75, 3.05) is 0 Å². The quantitative estimate of drug-likeness (QED) is 0.911. The molecule has 2 fully saturated rings. The first-order valence-electron chi connectivity index (χ1n) is 7.46. The maximum absolute atomic E-state index is 12.3. The second-order valence-electron chi connectivity index (χ2n) is 5.89. The van der Waals surface area contributed by atoms with Gasteiger partial charge in [0.15, 0.2) is 5.89 Å². The predicted octanol–water partition coefficient (Wildman–Crippen LogP) is 2.85. The SMILES string of the molecule is CCc1nc(C)c(C(=O)N[C@H]2CC[C@@H]3CCC[C@@H]32)o1. The Labute approximate surface area is 114 Å². The summed E-state index contributed by atoms with van der Waals surface area (Å²) < 4.78 is 5.52. The van der Waals surface area contributed by atoms with Gasteiger partial charge in [-0.25, -0.2) is 4.98 Å². The summed E-state index contributed by atoms with van der Waals surface area (Å²) in [5.41, 5.74) is 0.704. The highest BCUT2D eigenvalue weighted by atomic mass is 16.4. The van der Waals surface area contributed by atoms with Gasteiger partial charge in [-0.05, 0) is 38.0 Å². The molecule has 0 unspecified atom stereocenters. The van der Waals surface area contributed by atoms with Crippen molar-refractivity contribution in [3.05, 3.63) is 17.3 Å². The number of nitrogens with one attached hydrogen (secondary N) is 1. The minimum absolute atomic E-state index is 0.0813. The Hall–Kier alpha value is -1.32. The van der Waals surface area contributed by atoms with Crippen molar-refractivity contribution in [2.24, 2.45) is 11.8 Å². The molecule has 4 heteroatoms. The highest BCUT2D eigenvalue weighted by molar-refractivity contribution is 5.92. The Morgan fingerprint density at radius 3 is 2.95 bits per heavy atom. The number of aromatic nitrogens is 1. The van der Waals surface area contributed by atoms with Crippen molar-refractivity contribution in [3.63, 3.8) is 0 Å². The number of carbonyl (C=O) groups is 1. The van der Waals surface area contributed by atoms with Crippen LogP contribution in [-0.4, -0.2) is 16.9 Å². The molecule has 2 aliphatic carbocycles. The normalized spacial score (nSPS) is 29.5. The summed E-state index contributed by atoms with van der Waals surface area (Å²) >= 11 is 0. The van der Waals surface area contributed by atoms with E-state index < -0.39 is 0 Å². The Balaban J connectivity index is 1.69. The standard InChI is InChI=1S/C15H22N2O2/c1-3-13-16-9(2)14(19-13)15(18)17-12-8-7-10-5-4-6-11(10)12/h10-12H,3-8H2,1-2H3,(H,17,18)/t10-,11-,12-/m0/s1. The highest BCUT2D eigenvalue weighted by Crippen LogP contribution is 2.44. The van der Waals surface area contributed by atoms with E-state index in [4.69, 9.17) is 4.42 Å². The molecular weight excluding hydrogens is 240 g/mol. The van der Waals surface area contributed by atoms with Crippen molar-refractivity contribution < 1.29 is 9.21 Å². The summed E-state index contributed by atoms with van der Waals surface area (Å²) in [6, 6.07) is 0.342. The lowest BCUT2D eigenvalue weighted by Crippen LogP contribution is -2.37. The molecule has 0 aromatic carbocycles. The van der Waals surface area contributed by atoms with Crippen LogP contribution in [0.1, 0.15) is 61.2 Å². The van der Waals surface area contributed by atoms with Crippen molar-refractivity contribution in [1.82, 2.24) is 10.3 Å². The summed E-state index contributed by atoms with van der Waals surface area (Å²) in [5, 5.41) is 3.17. The van der Waals surface area contributed by atoms with Crippen LogP contribution in [0.5, 0.6) is 0 Å². The van der Waals surface area contributed by atoms with E-state index in [1.54, 1.807) is 0 Å². The van der Waals surface area contributed by atoms with Crippen LogP contribution in [0.4, 0.5) is 0 Å². The van der Waals surface area contributed by atoms with Gasteiger partial charge in [-0.2, -0.15) is 0 Å². The molecule has 0 bridgehead atoms. The van der Waals surface area contributed by atoms with E-state index >= 15 is 0 Å². The van der Waals surface area contributed by atoms with Crippen LogP contribution in [0.25, 0.3) is 0 Å². The third-order valence-electron chi connectivity index (χ3n) is 4.75. The second kappa shape index (κ2) is 4.99. The number of hydrogen-bond donors (Lipinski definition) is 1. The number of nitrogens with zero attached hydrogens (tertiary/aromatic N) is 1. The fourth-order valence-electron chi connectivity index (χ4n) is 3.79. The molecule has 1 N–H and O–H groups in total. The number of aryl methyl sites for hydroxylation is 2. The average Bonchev–Trinajstić information content (AvgIpc) is 3.06. The van der Waals surface area contributed by atoms with Gasteiger partial charge in [0.05, 0.1) is 5.69 Å². The summed E-state index contributed by atoms with van der Waals surface area (Å²) in [4.78, 5) is 16.6. The van der Waals surface area contributed by atoms with Crippen molar-refractivity contribution in [1.29, 1.82) is 0 Å². The maximum Gasteiger partial charge on any atom is 0.289 e.